The maximum Gasteiger partial charge on any atom is 0.253 e. The molecule has 0 aromatic carbocycles. The first-order valence-corrected chi connectivity index (χ1v) is 8.96. The van der Waals surface area contributed by atoms with Gasteiger partial charge in [0.15, 0.2) is 5.82 Å². The van der Waals surface area contributed by atoms with Crippen LogP contribution in [0.4, 0.5) is 0 Å². The minimum Gasteiger partial charge on any atom is -0.378 e. The van der Waals surface area contributed by atoms with Crippen LogP contribution >= 0.6 is 0 Å². The maximum absolute atomic E-state index is 12.6. The second kappa shape index (κ2) is 6.55. The molecule has 2 fully saturated rings. The average Bonchev–Trinajstić information content (AvgIpc) is 3.33. The Hall–Kier alpha value is -2.28. The van der Waals surface area contributed by atoms with Gasteiger partial charge in [0.2, 0.25) is 0 Å². The quantitative estimate of drug-likeness (QED) is 0.901. The molecule has 2 saturated carbocycles. The molecule has 132 valence electrons. The molecule has 0 aliphatic heterocycles. The molecule has 7 nitrogen and oxygen atoms in total. The zero-order chi connectivity index (χ0) is 17.3. The first kappa shape index (κ1) is 16.2. The molecule has 1 spiro atoms. The molecule has 4 rings (SSSR count). The summed E-state index contributed by atoms with van der Waals surface area (Å²) in [5, 5.41) is 7.25. The second-order valence-electron chi connectivity index (χ2n) is 6.89. The average molecular weight is 341 g/mol. The molecule has 2 aromatic rings. The van der Waals surface area contributed by atoms with Crippen molar-refractivity contribution in [2.24, 2.45) is 5.41 Å². The number of hydrogen-bond donors (Lipinski definition) is 1. The molecule has 2 aliphatic rings. The number of rotatable bonds is 5. The third-order valence-corrected chi connectivity index (χ3v) is 5.66. The lowest BCUT2D eigenvalue weighted by atomic mass is 9.60. The van der Waals surface area contributed by atoms with Crippen molar-refractivity contribution in [1.82, 2.24) is 25.1 Å². The number of nitrogens with zero attached hydrogens (tertiary/aromatic N) is 4. The van der Waals surface area contributed by atoms with Crippen LogP contribution in [-0.4, -0.2) is 44.4 Å². The van der Waals surface area contributed by atoms with E-state index in [1.165, 1.54) is 19.2 Å². The zero-order valence-corrected chi connectivity index (χ0v) is 14.4. The van der Waals surface area contributed by atoms with Gasteiger partial charge in [0.25, 0.3) is 5.91 Å². The van der Waals surface area contributed by atoms with Gasteiger partial charge in [-0.3, -0.25) is 4.79 Å². The Kier molecular flexibility index (Phi) is 4.25. The summed E-state index contributed by atoms with van der Waals surface area (Å²) in [6, 6.07) is 3.76. The molecule has 1 N–H and O–H groups in total. The standard InChI is InChI=1S/C18H23N5O2/c1-2-25-15-9-14(18(15)7-3-4-8-18)22-17(24)13-5-6-16(20-10-13)23-12-19-11-21-23/h5-6,10-12,14-15H,2-4,7-9H2,1H3,(H,22,24)/t14-,15-/m0/s1. The van der Waals surface area contributed by atoms with Crippen LogP contribution in [0.3, 0.4) is 0 Å². The molecular weight excluding hydrogens is 318 g/mol. The van der Waals surface area contributed by atoms with Crippen LogP contribution in [0, 0.1) is 5.41 Å². The molecule has 0 saturated heterocycles. The maximum atomic E-state index is 12.6. The number of pyridine rings is 1. The highest BCUT2D eigenvalue weighted by molar-refractivity contribution is 5.94. The van der Waals surface area contributed by atoms with Crippen molar-refractivity contribution in [3.63, 3.8) is 0 Å². The minimum absolute atomic E-state index is 0.0659. The number of carbonyl (C=O) groups is 1. The van der Waals surface area contributed by atoms with E-state index >= 15 is 0 Å². The summed E-state index contributed by atoms with van der Waals surface area (Å²) in [4.78, 5) is 20.8. The molecular formula is C18H23N5O2. The molecule has 0 unspecified atom stereocenters. The van der Waals surface area contributed by atoms with Crippen molar-refractivity contribution in [2.75, 3.05) is 6.61 Å². The van der Waals surface area contributed by atoms with Gasteiger partial charge in [-0.2, -0.15) is 5.10 Å². The molecule has 25 heavy (non-hydrogen) atoms. The molecule has 2 heterocycles. The topological polar surface area (TPSA) is 81.9 Å². The summed E-state index contributed by atoms with van der Waals surface area (Å²) >= 11 is 0. The van der Waals surface area contributed by atoms with E-state index in [0.29, 0.717) is 11.4 Å². The number of ether oxygens (including phenoxy) is 1. The van der Waals surface area contributed by atoms with Crippen LogP contribution in [0.25, 0.3) is 5.82 Å². The van der Waals surface area contributed by atoms with Gasteiger partial charge >= 0.3 is 0 Å². The van der Waals surface area contributed by atoms with Crippen LogP contribution in [-0.2, 0) is 4.74 Å². The zero-order valence-electron chi connectivity index (χ0n) is 14.4. The summed E-state index contributed by atoms with van der Waals surface area (Å²) in [5.74, 6) is 0.574. The highest BCUT2D eigenvalue weighted by Gasteiger charge is 2.57. The Morgan fingerprint density at radius 1 is 1.40 bits per heavy atom. The summed E-state index contributed by atoms with van der Waals surface area (Å²) < 4.78 is 7.47. The first-order valence-electron chi connectivity index (χ1n) is 8.96. The van der Waals surface area contributed by atoms with Crippen LogP contribution in [0.1, 0.15) is 49.4 Å². The van der Waals surface area contributed by atoms with Crippen molar-refractivity contribution in [3.8, 4) is 5.82 Å². The van der Waals surface area contributed by atoms with E-state index in [9.17, 15) is 4.79 Å². The molecule has 2 atom stereocenters. The molecule has 0 radical (unpaired) electrons. The fourth-order valence-electron chi connectivity index (χ4n) is 4.31. The van der Waals surface area contributed by atoms with Crippen molar-refractivity contribution in [3.05, 3.63) is 36.5 Å². The lowest BCUT2D eigenvalue weighted by molar-refractivity contribution is -0.127. The largest absolute Gasteiger partial charge is 0.378 e. The van der Waals surface area contributed by atoms with E-state index in [1.54, 1.807) is 29.3 Å². The monoisotopic (exact) mass is 341 g/mol. The van der Waals surface area contributed by atoms with Gasteiger partial charge in [-0.15, -0.1) is 0 Å². The first-order chi connectivity index (χ1) is 12.2. The third kappa shape index (κ3) is 2.82. The van der Waals surface area contributed by atoms with E-state index in [0.717, 1.165) is 25.9 Å². The Bertz CT molecular complexity index is 722. The third-order valence-electron chi connectivity index (χ3n) is 5.66. The van der Waals surface area contributed by atoms with Crippen molar-refractivity contribution in [2.45, 2.75) is 51.2 Å². The number of nitrogens with one attached hydrogen (secondary N) is 1. The number of carbonyl (C=O) groups excluding carboxylic acids is 1. The molecule has 2 aromatic heterocycles. The van der Waals surface area contributed by atoms with E-state index < -0.39 is 0 Å². The van der Waals surface area contributed by atoms with Gasteiger partial charge in [0.1, 0.15) is 12.7 Å². The Morgan fingerprint density at radius 3 is 2.88 bits per heavy atom. The smallest absolute Gasteiger partial charge is 0.253 e. The SMILES string of the molecule is CCO[C@H]1C[C@H](NC(=O)c2ccc(-n3cncn3)nc2)C12CCCC2. The predicted octanol–water partition coefficient (Wildman–Crippen LogP) is 2.13. The van der Waals surface area contributed by atoms with E-state index in [1.807, 2.05) is 6.92 Å². The lowest BCUT2D eigenvalue weighted by Crippen LogP contribution is -2.63. The van der Waals surface area contributed by atoms with Crippen LogP contribution < -0.4 is 5.32 Å². The Balaban J connectivity index is 1.43. The summed E-state index contributed by atoms with van der Waals surface area (Å²) in [7, 11) is 0. The van der Waals surface area contributed by atoms with Crippen LogP contribution in [0.5, 0.6) is 0 Å². The highest BCUT2D eigenvalue weighted by atomic mass is 16.5. The second-order valence-corrected chi connectivity index (χ2v) is 6.89. The van der Waals surface area contributed by atoms with Gasteiger partial charge in [-0.05, 0) is 38.3 Å². The van der Waals surface area contributed by atoms with E-state index in [-0.39, 0.29) is 23.5 Å². The van der Waals surface area contributed by atoms with Crippen LogP contribution in [0.15, 0.2) is 31.0 Å². The van der Waals surface area contributed by atoms with E-state index in [2.05, 4.69) is 20.4 Å². The number of aromatic nitrogens is 4. The van der Waals surface area contributed by atoms with Gasteiger partial charge in [0, 0.05) is 24.3 Å². The number of amides is 1. The number of hydrogen-bond acceptors (Lipinski definition) is 5. The summed E-state index contributed by atoms with van der Waals surface area (Å²) in [6.45, 7) is 2.78. The van der Waals surface area contributed by atoms with E-state index in [4.69, 9.17) is 4.74 Å². The highest BCUT2D eigenvalue weighted by Crippen LogP contribution is 2.54. The van der Waals surface area contributed by atoms with Gasteiger partial charge in [-0.1, -0.05) is 12.8 Å². The van der Waals surface area contributed by atoms with Crippen molar-refractivity contribution < 1.29 is 9.53 Å². The fourth-order valence-corrected chi connectivity index (χ4v) is 4.31. The predicted molar refractivity (Wildman–Crippen MR) is 91.3 cm³/mol. The summed E-state index contributed by atoms with van der Waals surface area (Å²) in [6.07, 6.45) is 10.6. The molecule has 2 aliphatic carbocycles. The van der Waals surface area contributed by atoms with Gasteiger partial charge in [-0.25, -0.2) is 14.6 Å². The fraction of sp³-hybridized carbons (Fsp3) is 0.556. The molecule has 7 heteroatoms. The Labute approximate surface area is 146 Å². The van der Waals surface area contributed by atoms with Crippen molar-refractivity contribution in [1.29, 1.82) is 0 Å². The normalized spacial score (nSPS) is 24.2. The minimum atomic E-state index is -0.0659. The Morgan fingerprint density at radius 2 is 2.24 bits per heavy atom. The summed E-state index contributed by atoms with van der Waals surface area (Å²) in [5.41, 5.74) is 0.705. The van der Waals surface area contributed by atoms with Crippen molar-refractivity contribution >= 4 is 5.91 Å². The van der Waals surface area contributed by atoms with Gasteiger partial charge < -0.3 is 10.1 Å². The molecule has 1 amide bonds. The van der Waals surface area contributed by atoms with Crippen LogP contribution in [0.2, 0.25) is 0 Å². The molecule has 0 bridgehead atoms. The lowest BCUT2D eigenvalue weighted by Gasteiger charge is -2.54. The van der Waals surface area contributed by atoms with Gasteiger partial charge in [0.05, 0.1) is 11.7 Å².